The van der Waals surface area contributed by atoms with E-state index in [1.165, 1.54) is 19.1 Å². The third-order valence-corrected chi connectivity index (χ3v) is 4.95. The molecule has 172 valence electrons. The Balaban J connectivity index is 1.83. The maximum atomic E-state index is 13.9. The monoisotopic (exact) mass is 455 g/mol. The van der Waals surface area contributed by atoms with Gasteiger partial charge in [0, 0.05) is 36.5 Å². The normalized spacial score (nSPS) is 13.7. The highest BCUT2D eigenvalue weighted by Gasteiger charge is 2.25. The fraction of sp³-hybridized carbons (Fsp3) is 0.208. The van der Waals surface area contributed by atoms with Crippen molar-refractivity contribution >= 4 is 17.8 Å². The number of allylic oxidation sites excluding steroid dienone is 4. The molecule has 0 aliphatic carbocycles. The van der Waals surface area contributed by atoms with Gasteiger partial charge in [0.2, 0.25) is 0 Å². The van der Waals surface area contributed by atoms with Gasteiger partial charge in [-0.3, -0.25) is 9.78 Å². The number of carbonyl (C=O) groups is 1. The number of fused-ring (bicyclic) bond motifs is 1. The highest BCUT2D eigenvalue weighted by Crippen LogP contribution is 2.25. The van der Waals surface area contributed by atoms with E-state index >= 15 is 0 Å². The zero-order valence-corrected chi connectivity index (χ0v) is 18.3. The molecule has 1 aliphatic rings. The van der Waals surface area contributed by atoms with E-state index in [0.717, 1.165) is 42.1 Å². The number of anilines is 1. The number of hydrogen-bond acceptors (Lipinski definition) is 5. The van der Waals surface area contributed by atoms with E-state index in [-0.39, 0.29) is 22.7 Å². The largest absolute Gasteiger partial charge is 0.385 e. The zero-order chi connectivity index (χ0) is 24.0. The van der Waals surface area contributed by atoms with E-state index < -0.39 is 17.6 Å². The Morgan fingerprint density at radius 1 is 1.36 bits per heavy atom. The summed E-state index contributed by atoms with van der Waals surface area (Å²) in [6.45, 7) is 6.68. The maximum Gasteiger partial charge on any atom is 0.270 e. The Kier molecular flexibility index (Phi) is 7.32. The molecule has 0 spiro atoms. The first-order valence-electron chi connectivity index (χ1n) is 10.2. The number of hydrogen-bond donors (Lipinski definition) is 3. The van der Waals surface area contributed by atoms with Gasteiger partial charge in [0.1, 0.15) is 11.6 Å². The first-order chi connectivity index (χ1) is 15.7. The lowest BCUT2D eigenvalue weighted by Gasteiger charge is -2.17. The van der Waals surface area contributed by atoms with Crippen molar-refractivity contribution in [3.8, 4) is 0 Å². The summed E-state index contributed by atoms with van der Waals surface area (Å²) in [5, 5.41) is 8.64. The summed E-state index contributed by atoms with van der Waals surface area (Å²) in [5.41, 5.74) is 2.44. The SMILES string of the molecule is C=C/C(=C\C(=C/C)C(C)(F)F)NC(=O)c1cc(F)cnc1NCc1ccnc2c1C=CNC2. The highest BCUT2D eigenvalue weighted by molar-refractivity contribution is 5.99. The van der Waals surface area contributed by atoms with Crippen molar-refractivity contribution in [2.45, 2.75) is 32.9 Å². The molecule has 33 heavy (non-hydrogen) atoms. The highest BCUT2D eigenvalue weighted by atomic mass is 19.3. The summed E-state index contributed by atoms with van der Waals surface area (Å²) in [5.74, 6) is -4.38. The van der Waals surface area contributed by atoms with Gasteiger partial charge in [-0.1, -0.05) is 12.7 Å². The Morgan fingerprint density at radius 3 is 2.85 bits per heavy atom. The molecule has 0 fully saturated rings. The van der Waals surface area contributed by atoms with Gasteiger partial charge in [-0.25, -0.2) is 18.2 Å². The van der Waals surface area contributed by atoms with Crippen LogP contribution in [0.15, 0.2) is 66.8 Å². The Hall–Kier alpha value is -3.88. The standard InChI is InChI=1S/C24H24F3N5O/c1-4-16(24(3,26)27)10-18(5-2)32-23(33)20-11-17(25)13-31-22(20)30-12-15-6-9-29-21-14-28-8-7-19(15)21/h4-11,13,28H,2,12,14H2,1,3H3,(H,30,31)(H,32,33)/b16-4+,18-10+. The minimum Gasteiger partial charge on any atom is -0.385 e. The van der Waals surface area contributed by atoms with E-state index in [1.807, 2.05) is 18.3 Å². The van der Waals surface area contributed by atoms with Crippen LogP contribution in [0.25, 0.3) is 6.08 Å². The molecule has 0 atom stereocenters. The maximum absolute atomic E-state index is 13.9. The minimum absolute atomic E-state index is 0.0469. The second kappa shape index (κ2) is 10.2. The van der Waals surface area contributed by atoms with Crippen LogP contribution in [0, 0.1) is 5.82 Å². The summed E-state index contributed by atoms with van der Waals surface area (Å²) in [6, 6.07) is 2.87. The Labute approximate surface area is 190 Å². The van der Waals surface area contributed by atoms with Gasteiger partial charge in [-0.05, 0) is 49.0 Å². The van der Waals surface area contributed by atoms with Gasteiger partial charge >= 0.3 is 0 Å². The molecule has 0 bridgehead atoms. The van der Waals surface area contributed by atoms with Gasteiger partial charge < -0.3 is 16.0 Å². The van der Waals surface area contributed by atoms with Crippen LogP contribution in [0.1, 0.15) is 41.0 Å². The van der Waals surface area contributed by atoms with Gasteiger partial charge in [-0.2, -0.15) is 0 Å². The first kappa shape index (κ1) is 23.8. The molecule has 0 radical (unpaired) electrons. The molecule has 0 aromatic carbocycles. The Bertz CT molecular complexity index is 1150. The molecule has 3 rings (SSSR count). The van der Waals surface area contributed by atoms with Crippen molar-refractivity contribution < 1.29 is 18.0 Å². The third kappa shape index (κ3) is 5.88. The topological polar surface area (TPSA) is 78.9 Å². The van der Waals surface area contributed by atoms with Crippen LogP contribution in [0.4, 0.5) is 19.0 Å². The molecule has 6 nitrogen and oxygen atoms in total. The molecular formula is C24H24F3N5O. The number of carbonyl (C=O) groups excluding carboxylic acids is 1. The second-order valence-electron chi connectivity index (χ2n) is 7.34. The summed E-state index contributed by atoms with van der Waals surface area (Å²) >= 11 is 0. The van der Waals surface area contributed by atoms with Crippen molar-refractivity contribution in [2.75, 3.05) is 5.32 Å². The smallest absolute Gasteiger partial charge is 0.270 e. The fourth-order valence-electron chi connectivity index (χ4n) is 3.27. The van der Waals surface area contributed by atoms with E-state index in [9.17, 15) is 18.0 Å². The molecule has 3 heterocycles. The predicted octanol–water partition coefficient (Wildman–Crippen LogP) is 4.70. The second-order valence-corrected chi connectivity index (χ2v) is 7.34. The van der Waals surface area contributed by atoms with Crippen LogP contribution in [0.5, 0.6) is 0 Å². The lowest BCUT2D eigenvalue weighted by atomic mass is 10.0. The molecule has 2 aromatic rings. The summed E-state index contributed by atoms with van der Waals surface area (Å²) in [7, 11) is 0. The molecule has 0 unspecified atom stereocenters. The van der Waals surface area contributed by atoms with Gasteiger partial charge in [-0.15, -0.1) is 0 Å². The van der Waals surface area contributed by atoms with E-state index in [4.69, 9.17) is 0 Å². The molecule has 0 saturated carbocycles. The van der Waals surface area contributed by atoms with E-state index in [2.05, 4.69) is 32.5 Å². The predicted molar refractivity (Wildman–Crippen MR) is 122 cm³/mol. The average molecular weight is 455 g/mol. The molecule has 1 amide bonds. The number of nitrogens with one attached hydrogen (secondary N) is 3. The fourth-order valence-corrected chi connectivity index (χ4v) is 3.27. The number of alkyl halides is 2. The number of aromatic nitrogens is 2. The summed E-state index contributed by atoms with van der Waals surface area (Å²) in [4.78, 5) is 21.2. The van der Waals surface area contributed by atoms with Gasteiger partial charge in [0.15, 0.2) is 0 Å². The van der Waals surface area contributed by atoms with Crippen LogP contribution in [0.3, 0.4) is 0 Å². The van der Waals surface area contributed by atoms with Crippen molar-refractivity contribution in [1.82, 2.24) is 20.6 Å². The molecular weight excluding hydrogens is 431 g/mol. The number of pyridine rings is 2. The third-order valence-electron chi connectivity index (χ3n) is 4.95. The molecule has 3 N–H and O–H groups in total. The van der Waals surface area contributed by atoms with Crippen LogP contribution in [0.2, 0.25) is 0 Å². The van der Waals surface area contributed by atoms with Crippen LogP contribution >= 0.6 is 0 Å². The lowest BCUT2D eigenvalue weighted by molar-refractivity contribution is 0.0671. The molecule has 2 aromatic heterocycles. The number of amides is 1. The first-order valence-corrected chi connectivity index (χ1v) is 10.2. The minimum atomic E-state index is -3.10. The quantitative estimate of drug-likeness (QED) is 0.503. The van der Waals surface area contributed by atoms with E-state index in [1.54, 1.807) is 6.20 Å². The van der Waals surface area contributed by atoms with Crippen molar-refractivity contribution in [2.24, 2.45) is 0 Å². The van der Waals surface area contributed by atoms with Crippen LogP contribution in [-0.2, 0) is 13.1 Å². The lowest BCUT2D eigenvalue weighted by Crippen LogP contribution is -2.25. The number of halogens is 3. The van der Waals surface area contributed by atoms with Crippen molar-refractivity contribution in [1.29, 1.82) is 0 Å². The number of nitrogens with zero attached hydrogens (tertiary/aromatic N) is 2. The molecule has 9 heteroatoms. The van der Waals surface area contributed by atoms with Crippen LogP contribution < -0.4 is 16.0 Å². The van der Waals surface area contributed by atoms with Crippen LogP contribution in [-0.4, -0.2) is 21.8 Å². The van der Waals surface area contributed by atoms with Crippen molar-refractivity contribution in [3.05, 3.63) is 95.0 Å². The average Bonchev–Trinajstić information content (AvgIpc) is 2.79. The summed E-state index contributed by atoms with van der Waals surface area (Å²) in [6.07, 6.45) is 10.00. The van der Waals surface area contributed by atoms with Crippen molar-refractivity contribution in [3.63, 3.8) is 0 Å². The molecule has 1 aliphatic heterocycles. The Morgan fingerprint density at radius 2 is 2.15 bits per heavy atom. The van der Waals surface area contributed by atoms with Gasteiger partial charge in [0.25, 0.3) is 11.8 Å². The summed E-state index contributed by atoms with van der Waals surface area (Å²) < 4.78 is 41.3. The number of rotatable bonds is 8. The van der Waals surface area contributed by atoms with E-state index in [0.29, 0.717) is 13.1 Å². The zero-order valence-electron chi connectivity index (χ0n) is 18.3. The molecule has 0 saturated heterocycles. The van der Waals surface area contributed by atoms with Gasteiger partial charge in [0.05, 0.1) is 24.0 Å².